The van der Waals surface area contributed by atoms with Gasteiger partial charge in [0.2, 0.25) is 5.91 Å². The summed E-state index contributed by atoms with van der Waals surface area (Å²) in [7, 11) is 1.69. The van der Waals surface area contributed by atoms with E-state index in [1.807, 2.05) is 43.0 Å². The number of benzene rings is 2. The lowest BCUT2D eigenvalue weighted by Crippen LogP contribution is -2.58. The number of β-amino-alcohol motifs (C(OH)–C–C–N with tert-alkyl or cyclic N) is 1. The Morgan fingerprint density at radius 2 is 1.97 bits per heavy atom. The van der Waals surface area contributed by atoms with Crippen molar-refractivity contribution in [3.63, 3.8) is 0 Å². The van der Waals surface area contributed by atoms with Gasteiger partial charge in [-0.1, -0.05) is 54.9 Å². The zero-order valence-corrected chi connectivity index (χ0v) is 24.2. The molecule has 1 amide bonds. The standard InChI is InChI=1S/C31H45ClN2O4/c1-5-23-11-8-12-24(21-23)28-26(14-9-15-27(28)32)31(37,16-6-7-20-38-4)25-13-10-18-34(22-25)29(36)30(2,3)33-17-19-35/h8-9,11-12,14-15,21,25,33,35,37H,5-7,10,13,16-20,22H2,1-4H3/t25-,31+/m1/s1. The van der Waals surface area contributed by atoms with Gasteiger partial charge in [0, 0.05) is 49.9 Å². The molecule has 1 aliphatic rings. The van der Waals surface area contributed by atoms with Gasteiger partial charge in [-0.25, -0.2) is 0 Å². The van der Waals surface area contributed by atoms with Gasteiger partial charge in [-0.3, -0.25) is 4.79 Å². The molecule has 0 saturated carbocycles. The smallest absolute Gasteiger partial charge is 0.242 e. The Balaban J connectivity index is 2.02. The molecule has 210 valence electrons. The molecule has 0 spiro atoms. The van der Waals surface area contributed by atoms with Crippen LogP contribution < -0.4 is 5.32 Å². The molecule has 6 nitrogen and oxygen atoms in total. The van der Waals surface area contributed by atoms with E-state index in [1.165, 1.54) is 5.56 Å². The van der Waals surface area contributed by atoms with Crippen LogP contribution in [0.15, 0.2) is 42.5 Å². The fourth-order valence-corrected chi connectivity index (χ4v) is 6.00. The highest BCUT2D eigenvalue weighted by Gasteiger charge is 2.44. The van der Waals surface area contributed by atoms with Crippen molar-refractivity contribution in [3.05, 3.63) is 58.6 Å². The Bertz CT molecular complexity index is 1060. The number of nitrogens with zero attached hydrogens (tertiary/aromatic N) is 1. The van der Waals surface area contributed by atoms with Crippen molar-refractivity contribution in [1.29, 1.82) is 0 Å². The number of rotatable bonds is 13. The molecular weight excluding hydrogens is 500 g/mol. The van der Waals surface area contributed by atoms with Gasteiger partial charge in [0.25, 0.3) is 0 Å². The van der Waals surface area contributed by atoms with Crippen LogP contribution in [0.25, 0.3) is 11.1 Å². The first-order valence-corrected chi connectivity index (χ1v) is 14.3. The molecule has 1 heterocycles. The van der Waals surface area contributed by atoms with Gasteiger partial charge in [0.15, 0.2) is 0 Å². The fraction of sp³-hybridized carbons (Fsp3) is 0.581. The largest absolute Gasteiger partial charge is 0.395 e. The predicted octanol–water partition coefficient (Wildman–Crippen LogP) is 5.17. The van der Waals surface area contributed by atoms with Gasteiger partial charge in [0.05, 0.1) is 17.7 Å². The zero-order valence-electron chi connectivity index (χ0n) is 23.4. The summed E-state index contributed by atoms with van der Waals surface area (Å²) in [5.74, 6) is -0.165. The number of aliphatic hydroxyl groups is 2. The summed E-state index contributed by atoms with van der Waals surface area (Å²) in [5.41, 5.74) is 1.93. The lowest BCUT2D eigenvalue weighted by atomic mass is 9.71. The molecule has 1 aliphatic heterocycles. The van der Waals surface area contributed by atoms with Crippen LogP contribution in [-0.2, 0) is 21.6 Å². The van der Waals surface area contributed by atoms with E-state index < -0.39 is 11.1 Å². The Morgan fingerprint density at radius 1 is 1.21 bits per heavy atom. The van der Waals surface area contributed by atoms with E-state index >= 15 is 0 Å². The average molecular weight is 545 g/mol. The second-order valence-corrected chi connectivity index (χ2v) is 11.4. The monoisotopic (exact) mass is 544 g/mol. The van der Waals surface area contributed by atoms with Crippen molar-refractivity contribution in [2.75, 3.05) is 40.0 Å². The maximum Gasteiger partial charge on any atom is 0.242 e. The number of aryl methyl sites for hydroxylation is 1. The highest BCUT2D eigenvalue weighted by atomic mass is 35.5. The first-order valence-electron chi connectivity index (χ1n) is 13.9. The molecule has 2 aromatic carbocycles. The number of aliphatic hydroxyl groups excluding tert-OH is 1. The maximum absolute atomic E-state index is 13.5. The summed E-state index contributed by atoms with van der Waals surface area (Å²) in [4.78, 5) is 15.4. The minimum absolute atomic E-state index is 0.0145. The van der Waals surface area contributed by atoms with Crippen LogP contribution in [0, 0.1) is 5.92 Å². The number of nitrogens with one attached hydrogen (secondary N) is 1. The number of amides is 1. The van der Waals surface area contributed by atoms with Crippen LogP contribution in [0.3, 0.4) is 0 Å². The van der Waals surface area contributed by atoms with E-state index in [-0.39, 0.29) is 18.4 Å². The summed E-state index contributed by atoms with van der Waals surface area (Å²) in [6, 6.07) is 14.2. The molecular formula is C31H45ClN2O4. The van der Waals surface area contributed by atoms with Crippen LogP contribution in [-0.4, -0.2) is 66.5 Å². The molecule has 2 aromatic rings. The topological polar surface area (TPSA) is 82.0 Å². The Morgan fingerprint density at radius 3 is 2.68 bits per heavy atom. The molecule has 1 fully saturated rings. The summed E-state index contributed by atoms with van der Waals surface area (Å²) in [5, 5.41) is 25.7. The molecule has 0 aromatic heterocycles. The summed E-state index contributed by atoms with van der Waals surface area (Å²) >= 11 is 6.85. The molecule has 2 atom stereocenters. The van der Waals surface area contributed by atoms with Crippen molar-refractivity contribution >= 4 is 17.5 Å². The highest BCUT2D eigenvalue weighted by molar-refractivity contribution is 6.33. The molecule has 3 rings (SSSR count). The van der Waals surface area contributed by atoms with Crippen molar-refractivity contribution in [1.82, 2.24) is 10.2 Å². The second kappa shape index (κ2) is 13.9. The number of hydrogen-bond donors (Lipinski definition) is 3. The summed E-state index contributed by atoms with van der Waals surface area (Å²) < 4.78 is 5.28. The van der Waals surface area contributed by atoms with E-state index in [0.29, 0.717) is 37.7 Å². The lowest BCUT2D eigenvalue weighted by Gasteiger charge is -2.45. The second-order valence-electron chi connectivity index (χ2n) is 11.0. The quantitative estimate of drug-likeness (QED) is 0.303. The number of carbonyl (C=O) groups is 1. The van der Waals surface area contributed by atoms with Crippen molar-refractivity contribution in [3.8, 4) is 11.1 Å². The zero-order chi connectivity index (χ0) is 27.8. The number of hydrogen-bond acceptors (Lipinski definition) is 5. The van der Waals surface area contributed by atoms with Gasteiger partial charge in [-0.15, -0.1) is 0 Å². The first kappa shape index (κ1) is 30.6. The molecule has 3 N–H and O–H groups in total. The van der Waals surface area contributed by atoms with E-state index in [2.05, 4.69) is 30.4 Å². The third kappa shape index (κ3) is 7.16. The SMILES string of the molecule is CCc1cccc(-c2c(Cl)cccc2[C@](O)(CCCCOC)[C@@H]2CCCN(C(=O)C(C)(C)NCCO)C2)c1. The number of piperidine rings is 1. The maximum atomic E-state index is 13.5. The number of unbranched alkanes of at least 4 members (excludes halogenated alkanes) is 1. The van der Waals surface area contributed by atoms with Crippen LogP contribution in [0.2, 0.25) is 5.02 Å². The molecule has 1 saturated heterocycles. The van der Waals surface area contributed by atoms with Gasteiger partial charge < -0.3 is 25.2 Å². The number of ether oxygens (including phenoxy) is 1. The first-order chi connectivity index (χ1) is 18.2. The number of halogens is 1. The Hall–Kier alpha value is -1.96. The van der Waals surface area contributed by atoms with Crippen molar-refractivity contribution < 1.29 is 19.7 Å². The minimum atomic E-state index is -1.17. The number of likely N-dealkylation sites (tertiary alicyclic amines) is 1. The van der Waals surface area contributed by atoms with Crippen molar-refractivity contribution in [2.45, 2.75) is 70.4 Å². The van der Waals surface area contributed by atoms with Gasteiger partial charge >= 0.3 is 0 Å². The number of carbonyl (C=O) groups excluding carboxylic acids is 1. The molecule has 0 radical (unpaired) electrons. The van der Waals surface area contributed by atoms with E-state index in [4.69, 9.17) is 16.3 Å². The van der Waals surface area contributed by atoms with Gasteiger partial charge in [0.1, 0.15) is 0 Å². The average Bonchev–Trinajstić information content (AvgIpc) is 2.93. The van der Waals surface area contributed by atoms with Gasteiger partial charge in [-0.05, 0) is 75.1 Å². The molecule has 0 aliphatic carbocycles. The van der Waals surface area contributed by atoms with Gasteiger partial charge in [-0.2, -0.15) is 0 Å². The van der Waals surface area contributed by atoms with Crippen molar-refractivity contribution in [2.24, 2.45) is 5.92 Å². The highest BCUT2D eigenvalue weighted by Crippen LogP contribution is 2.46. The minimum Gasteiger partial charge on any atom is -0.395 e. The normalized spacial score (nSPS) is 17.9. The van der Waals surface area contributed by atoms with E-state index in [1.54, 1.807) is 7.11 Å². The third-order valence-electron chi connectivity index (χ3n) is 7.86. The summed E-state index contributed by atoms with van der Waals surface area (Å²) in [6.07, 6.45) is 4.72. The Labute approximate surface area is 233 Å². The molecule has 0 bridgehead atoms. The van der Waals surface area contributed by atoms with E-state index in [0.717, 1.165) is 48.8 Å². The van der Waals surface area contributed by atoms with Crippen LogP contribution in [0.4, 0.5) is 0 Å². The lowest BCUT2D eigenvalue weighted by molar-refractivity contribution is -0.142. The summed E-state index contributed by atoms with van der Waals surface area (Å²) in [6.45, 7) is 7.90. The molecule has 0 unspecified atom stereocenters. The fourth-order valence-electron chi connectivity index (χ4n) is 5.72. The van der Waals surface area contributed by atoms with Crippen LogP contribution in [0.1, 0.15) is 64.0 Å². The van der Waals surface area contributed by atoms with Crippen LogP contribution in [0.5, 0.6) is 0 Å². The Kier molecular flexibility index (Phi) is 11.2. The number of methoxy groups -OCH3 is 1. The molecule has 38 heavy (non-hydrogen) atoms. The van der Waals surface area contributed by atoms with E-state index in [9.17, 15) is 15.0 Å². The third-order valence-corrected chi connectivity index (χ3v) is 8.17. The molecule has 7 heteroatoms. The van der Waals surface area contributed by atoms with Crippen LogP contribution >= 0.6 is 11.6 Å². The predicted molar refractivity (Wildman–Crippen MR) is 154 cm³/mol.